The summed E-state index contributed by atoms with van der Waals surface area (Å²) in [6, 6.07) is 6.92. The van der Waals surface area contributed by atoms with Crippen LogP contribution >= 0.6 is 11.6 Å². The molecule has 2 N–H and O–H groups in total. The van der Waals surface area contributed by atoms with Crippen molar-refractivity contribution >= 4 is 34.2 Å². The molecule has 8 nitrogen and oxygen atoms in total. The highest BCUT2D eigenvalue weighted by atomic mass is 35.5. The first kappa shape index (κ1) is 22.2. The van der Waals surface area contributed by atoms with Crippen LogP contribution in [0.3, 0.4) is 0 Å². The smallest absolute Gasteiger partial charge is 0.270 e. The fourth-order valence-electron chi connectivity index (χ4n) is 3.87. The minimum Gasteiger partial charge on any atom is -0.366 e. The van der Waals surface area contributed by atoms with Crippen LogP contribution in [0.25, 0.3) is 11.0 Å². The summed E-state index contributed by atoms with van der Waals surface area (Å²) in [6.07, 6.45) is 0.493. The molecule has 1 fully saturated rings. The minimum absolute atomic E-state index is 0.150. The maximum atomic E-state index is 15.1. The first-order chi connectivity index (χ1) is 15.4. The van der Waals surface area contributed by atoms with Crippen LogP contribution in [-0.2, 0) is 13.0 Å². The number of hydrogen-bond donors (Lipinski definition) is 2. The van der Waals surface area contributed by atoms with E-state index in [0.29, 0.717) is 55.9 Å². The monoisotopic (exact) mass is 458 g/mol. The van der Waals surface area contributed by atoms with E-state index in [4.69, 9.17) is 11.6 Å². The highest BCUT2D eigenvalue weighted by Crippen LogP contribution is 2.26. The zero-order valence-electron chi connectivity index (χ0n) is 17.9. The van der Waals surface area contributed by atoms with Crippen LogP contribution in [0.2, 0.25) is 5.15 Å². The highest BCUT2D eigenvalue weighted by Gasteiger charge is 2.22. The van der Waals surface area contributed by atoms with Gasteiger partial charge in [0.2, 0.25) is 0 Å². The summed E-state index contributed by atoms with van der Waals surface area (Å²) in [7, 11) is 1.54. The molecule has 10 heteroatoms. The molecule has 0 spiro atoms. The second kappa shape index (κ2) is 9.22. The molecule has 0 aliphatic carbocycles. The van der Waals surface area contributed by atoms with Crippen molar-refractivity contribution in [1.29, 1.82) is 0 Å². The van der Waals surface area contributed by atoms with Crippen LogP contribution in [-0.4, -0.2) is 59.0 Å². The number of pyridine rings is 1. The molecule has 0 saturated carbocycles. The number of anilines is 1. The molecule has 1 aliphatic rings. The minimum atomic E-state index is -0.436. The van der Waals surface area contributed by atoms with E-state index in [9.17, 15) is 9.59 Å². The van der Waals surface area contributed by atoms with Crippen LogP contribution < -0.4 is 15.8 Å². The van der Waals surface area contributed by atoms with Crippen LogP contribution in [0.1, 0.15) is 28.7 Å². The van der Waals surface area contributed by atoms with Crippen molar-refractivity contribution < 1.29 is 9.18 Å². The predicted octanol–water partition coefficient (Wildman–Crippen LogP) is 2.35. The molecule has 4 rings (SSSR count). The van der Waals surface area contributed by atoms with E-state index in [1.165, 1.54) is 0 Å². The maximum Gasteiger partial charge on any atom is 0.270 e. The van der Waals surface area contributed by atoms with E-state index >= 15 is 4.39 Å². The number of nitrogens with one attached hydrogen (secondary N) is 2. The number of rotatable bonds is 5. The van der Waals surface area contributed by atoms with Gasteiger partial charge in [0.1, 0.15) is 16.9 Å². The Labute approximate surface area is 189 Å². The summed E-state index contributed by atoms with van der Waals surface area (Å²) < 4.78 is 15.1. The van der Waals surface area contributed by atoms with E-state index in [2.05, 4.69) is 30.1 Å². The number of benzene rings is 1. The molecule has 0 atom stereocenters. The van der Waals surface area contributed by atoms with Crippen molar-refractivity contribution in [3.8, 4) is 0 Å². The van der Waals surface area contributed by atoms with Crippen LogP contribution in [0, 0.1) is 5.82 Å². The van der Waals surface area contributed by atoms with Gasteiger partial charge in [-0.2, -0.15) is 0 Å². The Morgan fingerprint density at radius 1 is 1.19 bits per heavy atom. The molecule has 1 aliphatic heterocycles. The van der Waals surface area contributed by atoms with E-state index in [-0.39, 0.29) is 27.8 Å². The fourth-order valence-corrected chi connectivity index (χ4v) is 4.14. The van der Waals surface area contributed by atoms with Crippen molar-refractivity contribution in [1.82, 2.24) is 25.2 Å². The van der Waals surface area contributed by atoms with Gasteiger partial charge in [-0.05, 0) is 24.6 Å². The van der Waals surface area contributed by atoms with Gasteiger partial charge in [-0.25, -0.2) is 14.4 Å². The molecule has 0 radical (unpaired) electrons. The zero-order valence-corrected chi connectivity index (χ0v) is 18.7. The number of aromatic amines is 1. The van der Waals surface area contributed by atoms with E-state index in [0.717, 1.165) is 5.69 Å². The molecule has 1 amide bonds. The number of aromatic nitrogens is 3. The molecule has 2 aromatic heterocycles. The fraction of sp³-hybridized carbons (Fsp3) is 0.364. The Bertz CT molecular complexity index is 1220. The standard InChI is InChI=1S/C22H24ClFN6O2/c1-3-14-22(32)28-19-15(26-14)5-4-13(18(19)24)12-29-8-10-30(11-9-29)17-7-6-16(21(31)25-2)27-20(17)23/h4-7H,3,8-12H2,1-2H3,(H,25,31)(H,28,32). The number of fused-ring (bicyclic) bond motifs is 1. The summed E-state index contributed by atoms with van der Waals surface area (Å²) in [5.41, 5.74) is 2.21. The van der Waals surface area contributed by atoms with Crippen molar-refractivity contribution in [3.63, 3.8) is 0 Å². The molecule has 3 aromatic rings. The normalized spacial score (nSPS) is 14.7. The van der Waals surface area contributed by atoms with E-state index in [1.54, 1.807) is 31.3 Å². The first-order valence-electron chi connectivity index (χ1n) is 10.5. The van der Waals surface area contributed by atoms with Crippen LogP contribution in [0.15, 0.2) is 29.1 Å². The predicted molar refractivity (Wildman–Crippen MR) is 122 cm³/mol. The topological polar surface area (TPSA) is 94.2 Å². The second-order valence-corrected chi connectivity index (χ2v) is 8.01. The van der Waals surface area contributed by atoms with Gasteiger partial charge in [-0.15, -0.1) is 0 Å². The molecular weight excluding hydrogens is 435 g/mol. The number of aryl methyl sites for hydroxylation is 1. The van der Waals surface area contributed by atoms with Crippen molar-refractivity contribution in [2.24, 2.45) is 0 Å². The third kappa shape index (κ3) is 4.31. The van der Waals surface area contributed by atoms with Gasteiger partial charge in [0.05, 0.1) is 11.2 Å². The van der Waals surface area contributed by atoms with Gasteiger partial charge in [-0.3, -0.25) is 14.5 Å². The van der Waals surface area contributed by atoms with Gasteiger partial charge in [0.25, 0.3) is 11.5 Å². The van der Waals surface area contributed by atoms with Gasteiger partial charge < -0.3 is 15.2 Å². The Balaban J connectivity index is 1.45. The zero-order chi connectivity index (χ0) is 22.8. The second-order valence-electron chi connectivity index (χ2n) is 7.65. The molecule has 1 saturated heterocycles. The Kier molecular flexibility index (Phi) is 6.38. The van der Waals surface area contributed by atoms with E-state index < -0.39 is 5.82 Å². The SMILES string of the molecule is CCc1nc2ccc(CN3CCN(c4ccc(C(=O)NC)nc4Cl)CC3)c(F)c2[nH]c1=O. The summed E-state index contributed by atoms with van der Waals surface area (Å²) in [6.45, 7) is 5.05. The van der Waals surface area contributed by atoms with Crippen molar-refractivity contribution in [2.45, 2.75) is 19.9 Å². The summed E-state index contributed by atoms with van der Waals surface area (Å²) in [5.74, 6) is -0.725. The highest BCUT2D eigenvalue weighted by molar-refractivity contribution is 6.32. The lowest BCUT2D eigenvalue weighted by Crippen LogP contribution is -2.46. The van der Waals surface area contributed by atoms with Gasteiger partial charge >= 0.3 is 0 Å². The average molecular weight is 459 g/mol. The lowest BCUT2D eigenvalue weighted by atomic mass is 10.1. The number of H-pyrrole nitrogens is 1. The molecular formula is C22H24ClFN6O2. The van der Waals surface area contributed by atoms with Gasteiger partial charge in [-0.1, -0.05) is 24.6 Å². The summed E-state index contributed by atoms with van der Waals surface area (Å²) >= 11 is 6.31. The molecule has 0 bridgehead atoms. The molecule has 0 unspecified atom stereocenters. The number of piperazine rings is 1. The number of carbonyl (C=O) groups is 1. The number of halogens is 2. The van der Waals surface area contributed by atoms with Crippen LogP contribution in [0.4, 0.5) is 10.1 Å². The Hall–Kier alpha value is -3.04. The number of hydrogen-bond acceptors (Lipinski definition) is 6. The van der Waals surface area contributed by atoms with Gasteiger partial charge in [0.15, 0.2) is 11.0 Å². The Morgan fingerprint density at radius 3 is 2.59 bits per heavy atom. The summed E-state index contributed by atoms with van der Waals surface area (Å²) in [5, 5.41) is 2.81. The molecule has 1 aromatic carbocycles. The maximum absolute atomic E-state index is 15.1. The largest absolute Gasteiger partial charge is 0.366 e. The third-order valence-electron chi connectivity index (χ3n) is 5.69. The van der Waals surface area contributed by atoms with Crippen LogP contribution in [0.5, 0.6) is 0 Å². The quantitative estimate of drug-likeness (QED) is 0.570. The summed E-state index contributed by atoms with van der Waals surface area (Å²) in [4.78, 5) is 39.1. The van der Waals surface area contributed by atoms with Crippen molar-refractivity contribution in [3.05, 3.63) is 62.5 Å². The van der Waals surface area contributed by atoms with Crippen molar-refractivity contribution in [2.75, 3.05) is 38.1 Å². The molecule has 168 valence electrons. The third-order valence-corrected chi connectivity index (χ3v) is 5.96. The molecule has 32 heavy (non-hydrogen) atoms. The lowest BCUT2D eigenvalue weighted by Gasteiger charge is -2.36. The first-order valence-corrected chi connectivity index (χ1v) is 10.8. The number of nitrogens with zero attached hydrogens (tertiary/aromatic N) is 4. The number of amides is 1. The van der Waals surface area contributed by atoms with E-state index in [1.807, 2.05) is 6.92 Å². The number of carbonyl (C=O) groups excluding carboxylic acids is 1. The lowest BCUT2D eigenvalue weighted by molar-refractivity contribution is 0.0958. The average Bonchev–Trinajstić information content (AvgIpc) is 2.81. The van der Waals surface area contributed by atoms with Gasteiger partial charge in [0, 0.05) is 45.3 Å². The molecule has 3 heterocycles. The Morgan fingerprint density at radius 2 is 1.94 bits per heavy atom.